The predicted molar refractivity (Wildman–Crippen MR) is 75.3 cm³/mol. The SMILES string of the molecule is Cc1c(CN(C)CC(=O)NC2CC2)cccc1[N+](=O)[O-]. The Hall–Kier alpha value is -1.95. The molecule has 1 aromatic rings. The Morgan fingerprint density at radius 3 is 2.80 bits per heavy atom. The third-order valence-electron chi connectivity index (χ3n) is 3.41. The fraction of sp³-hybridized carbons (Fsp3) is 0.500. The number of carbonyl (C=O) groups excluding carboxylic acids is 1. The van der Waals surface area contributed by atoms with Crippen molar-refractivity contribution in [2.45, 2.75) is 32.4 Å². The van der Waals surface area contributed by atoms with Crippen LogP contribution in [0.3, 0.4) is 0 Å². The zero-order valence-corrected chi connectivity index (χ0v) is 11.8. The standard InChI is InChI=1S/C14H19N3O3/c1-10-11(4-3-5-13(10)17(19)20)8-16(2)9-14(18)15-12-6-7-12/h3-5,12H,6-9H2,1-2H3,(H,15,18). The fourth-order valence-electron chi connectivity index (χ4n) is 2.13. The molecule has 0 atom stereocenters. The number of hydrogen-bond acceptors (Lipinski definition) is 4. The van der Waals surface area contributed by atoms with Gasteiger partial charge in [0.15, 0.2) is 0 Å². The van der Waals surface area contributed by atoms with Gasteiger partial charge in [-0.15, -0.1) is 0 Å². The maximum atomic E-state index is 11.7. The lowest BCUT2D eigenvalue weighted by atomic mass is 10.1. The molecule has 0 spiro atoms. The molecule has 0 aliphatic heterocycles. The number of rotatable bonds is 6. The van der Waals surface area contributed by atoms with Gasteiger partial charge in [-0.2, -0.15) is 0 Å². The van der Waals surface area contributed by atoms with E-state index in [0.29, 0.717) is 24.7 Å². The number of nitro groups is 1. The van der Waals surface area contributed by atoms with Gasteiger partial charge >= 0.3 is 0 Å². The third-order valence-corrected chi connectivity index (χ3v) is 3.41. The molecule has 0 heterocycles. The molecule has 0 aromatic heterocycles. The molecule has 0 radical (unpaired) electrons. The van der Waals surface area contributed by atoms with E-state index in [9.17, 15) is 14.9 Å². The second-order valence-corrected chi connectivity index (χ2v) is 5.33. The Kier molecular flexibility index (Phi) is 4.34. The number of amides is 1. The van der Waals surface area contributed by atoms with Gasteiger partial charge in [0.05, 0.1) is 11.5 Å². The minimum absolute atomic E-state index is 0.0121. The molecular weight excluding hydrogens is 258 g/mol. The number of hydrogen-bond donors (Lipinski definition) is 1. The fourth-order valence-corrected chi connectivity index (χ4v) is 2.13. The quantitative estimate of drug-likeness (QED) is 0.633. The van der Waals surface area contributed by atoms with Gasteiger partial charge in [-0.05, 0) is 32.4 Å². The summed E-state index contributed by atoms with van der Waals surface area (Å²) in [5.74, 6) is 0.0121. The molecular formula is C14H19N3O3. The summed E-state index contributed by atoms with van der Waals surface area (Å²) in [4.78, 5) is 24.1. The van der Waals surface area contributed by atoms with Gasteiger partial charge in [-0.25, -0.2) is 0 Å². The smallest absolute Gasteiger partial charge is 0.272 e. The maximum absolute atomic E-state index is 11.7. The maximum Gasteiger partial charge on any atom is 0.272 e. The third kappa shape index (κ3) is 3.77. The summed E-state index contributed by atoms with van der Waals surface area (Å²) in [5.41, 5.74) is 1.66. The molecule has 20 heavy (non-hydrogen) atoms. The van der Waals surface area contributed by atoms with Crippen molar-refractivity contribution in [3.63, 3.8) is 0 Å². The Morgan fingerprint density at radius 2 is 2.20 bits per heavy atom. The van der Waals surface area contributed by atoms with E-state index in [2.05, 4.69) is 5.32 Å². The van der Waals surface area contributed by atoms with Crippen LogP contribution >= 0.6 is 0 Å². The van der Waals surface area contributed by atoms with Crippen LogP contribution in [-0.2, 0) is 11.3 Å². The van der Waals surface area contributed by atoms with Gasteiger partial charge in [0.2, 0.25) is 5.91 Å². The molecule has 0 bridgehead atoms. The Balaban J connectivity index is 1.96. The van der Waals surface area contributed by atoms with E-state index in [1.165, 1.54) is 6.07 Å². The number of nitrogens with zero attached hydrogens (tertiary/aromatic N) is 2. The molecule has 2 rings (SSSR count). The minimum atomic E-state index is -0.376. The Labute approximate surface area is 117 Å². The highest BCUT2D eigenvalue weighted by atomic mass is 16.6. The molecule has 6 nitrogen and oxygen atoms in total. The molecule has 1 aliphatic rings. The average Bonchev–Trinajstić information content (AvgIpc) is 3.14. The monoisotopic (exact) mass is 277 g/mol. The zero-order valence-electron chi connectivity index (χ0n) is 11.8. The number of nitro benzene ring substituents is 1. The van der Waals surface area contributed by atoms with Gasteiger partial charge in [0.25, 0.3) is 5.69 Å². The van der Waals surface area contributed by atoms with Crippen LogP contribution in [0.15, 0.2) is 18.2 Å². The highest BCUT2D eigenvalue weighted by Crippen LogP contribution is 2.22. The molecule has 1 fully saturated rings. The zero-order chi connectivity index (χ0) is 14.7. The van der Waals surface area contributed by atoms with Gasteiger partial charge < -0.3 is 5.32 Å². The summed E-state index contributed by atoms with van der Waals surface area (Å²) in [5, 5.41) is 13.8. The van der Waals surface area contributed by atoms with Crippen molar-refractivity contribution in [3.05, 3.63) is 39.4 Å². The summed E-state index contributed by atoms with van der Waals surface area (Å²) >= 11 is 0. The van der Waals surface area contributed by atoms with E-state index in [-0.39, 0.29) is 16.5 Å². The van der Waals surface area contributed by atoms with Crippen LogP contribution < -0.4 is 5.32 Å². The van der Waals surface area contributed by atoms with Crippen LogP contribution in [0.4, 0.5) is 5.69 Å². The molecule has 108 valence electrons. The second-order valence-electron chi connectivity index (χ2n) is 5.33. The van der Waals surface area contributed by atoms with Crippen LogP contribution in [0, 0.1) is 17.0 Å². The van der Waals surface area contributed by atoms with Crippen LogP contribution in [0.25, 0.3) is 0 Å². The lowest BCUT2D eigenvalue weighted by Gasteiger charge is -2.17. The van der Waals surface area contributed by atoms with E-state index < -0.39 is 0 Å². The summed E-state index contributed by atoms with van der Waals surface area (Å²) in [6, 6.07) is 5.39. The summed E-state index contributed by atoms with van der Waals surface area (Å²) in [6.07, 6.45) is 2.14. The first-order valence-corrected chi connectivity index (χ1v) is 6.68. The first-order valence-electron chi connectivity index (χ1n) is 6.68. The van der Waals surface area contributed by atoms with Crippen LogP contribution in [0.5, 0.6) is 0 Å². The van der Waals surface area contributed by atoms with E-state index in [1.54, 1.807) is 13.0 Å². The normalized spacial score (nSPS) is 14.3. The van der Waals surface area contributed by atoms with Crippen LogP contribution in [0.1, 0.15) is 24.0 Å². The van der Waals surface area contributed by atoms with E-state index in [1.807, 2.05) is 18.0 Å². The lowest BCUT2D eigenvalue weighted by Crippen LogP contribution is -2.36. The first kappa shape index (κ1) is 14.5. The molecule has 0 unspecified atom stereocenters. The molecule has 6 heteroatoms. The largest absolute Gasteiger partial charge is 0.352 e. The molecule has 1 N–H and O–H groups in total. The van der Waals surface area contributed by atoms with Gasteiger partial charge in [-0.1, -0.05) is 12.1 Å². The number of benzene rings is 1. The molecule has 1 aromatic carbocycles. The van der Waals surface area contributed by atoms with Crippen molar-refractivity contribution in [1.82, 2.24) is 10.2 Å². The van der Waals surface area contributed by atoms with Crippen molar-refractivity contribution >= 4 is 11.6 Å². The van der Waals surface area contributed by atoms with Crippen molar-refractivity contribution in [1.29, 1.82) is 0 Å². The minimum Gasteiger partial charge on any atom is -0.352 e. The topological polar surface area (TPSA) is 75.5 Å². The number of nitrogens with one attached hydrogen (secondary N) is 1. The van der Waals surface area contributed by atoms with Gasteiger partial charge in [0, 0.05) is 24.2 Å². The van der Waals surface area contributed by atoms with E-state index in [4.69, 9.17) is 0 Å². The summed E-state index contributed by atoms with van der Waals surface area (Å²) in [7, 11) is 1.84. The van der Waals surface area contributed by atoms with Crippen molar-refractivity contribution in [3.8, 4) is 0 Å². The number of carbonyl (C=O) groups is 1. The Bertz CT molecular complexity index is 526. The highest BCUT2D eigenvalue weighted by Gasteiger charge is 2.23. The van der Waals surface area contributed by atoms with E-state index in [0.717, 1.165) is 18.4 Å². The Morgan fingerprint density at radius 1 is 1.50 bits per heavy atom. The van der Waals surface area contributed by atoms with Crippen molar-refractivity contribution < 1.29 is 9.72 Å². The molecule has 0 saturated heterocycles. The molecule has 1 aliphatic carbocycles. The molecule has 1 saturated carbocycles. The van der Waals surface area contributed by atoms with Crippen LogP contribution in [0.2, 0.25) is 0 Å². The number of likely N-dealkylation sites (N-methyl/N-ethyl adjacent to an activating group) is 1. The van der Waals surface area contributed by atoms with Gasteiger partial charge in [-0.3, -0.25) is 19.8 Å². The van der Waals surface area contributed by atoms with Gasteiger partial charge in [0.1, 0.15) is 0 Å². The predicted octanol–water partition coefficient (Wildman–Crippen LogP) is 1.61. The average molecular weight is 277 g/mol. The van der Waals surface area contributed by atoms with E-state index >= 15 is 0 Å². The second kappa shape index (κ2) is 6.00. The highest BCUT2D eigenvalue weighted by molar-refractivity contribution is 5.78. The first-order chi connectivity index (χ1) is 9.47. The summed E-state index contributed by atoms with van der Waals surface area (Å²) < 4.78 is 0. The summed E-state index contributed by atoms with van der Waals surface area (Å²) in [6.45, 7) is 2.57. The molecule has 1 amide bonds. The lowest BCUT2D eigenvalue weighted by molar-refractivity contribution is -0.385. The van der Waals surface area contributed by atoms with Crippen LogP contribution in [-0.4, -0.2) is 35.4 Å². The van der Waals surface area contributed by atoms with Crippen molar-refractivity contribution in [2.24, 2.45) is 0 Å². The van der Waals surface area contributed by atoms with Crippen molar-refractivity contribution in [2.75, 3.05) is 13.6 Å².